The van der Waals surface area contributed by atoms with Crippen LogP contribution in [0.25, 0.3) is 0 Å². The van der Waals surface area contributed by atoms with E-state index in [0.717, 1.165) is 4.90 Å². The van der Waals surface area contributed by atoms with Gasteiger partial charge in [-0.15, -0.1) is 0 Å². The number of aromatic hydroxyl groups is 2. The number of anilines is 1. The van der Waals surface area contributed by atoms with E-state index in [9.17, 15) is 15.0 Å². The van der Waals surface area contributed by atoms with Crippen molar-refractivity contribution < 1.29 is 15.0 Å². The average Bonchev–Trinajstić information content (AvgIpc) is 2.46. The number of nitrogens with two attached hydrogens (primary N) is 1. The molecule has 122 valence electrons. The SMILES string of the molecule is CCc1c(O)cc(O)c(CC)c1N(C)C(=O)N(CC)C(=N)N. The lowest BCUT2D eigenvalue weighted by Gasteiger charge is -2.29. The van der Waals surface area contributed by atoms with Crippen LogP contribution in [-0.4, -0.2) is 40.7 Å². The van der Waals surface area contributed by atoms with Gasteiger partial charge in [0, 0.05) is 30.8 Å². The standard InChI is InChI=1S/C15H24N4O3/c1-5-9-11(20)8-12(21)10(6-2)13(9)18(4)15(22)19(7-3)14(16)17/h8,20-21H,5-7H2,1-4H3,(H3,16,17). The quantitative estimate of drug-likeness (QED) is 0.503. The van der Waals surface area contributed by atoms with Crippen molar-refractivity contribution in [2.24, 2.45) is 5.73 Å². The Hall–Kier alpha value is -2.44. The van der Waals surface area contributed by atoms with Gasteiger partial charge < -0.3 is 15.9 Å². The second kappa shape index (κ2) is 7.02. The number of phenols is 2. The molecule has 0 radical (unpaired) electrons. The lowest BCUT2D eigenvalue weighted by Crippen LogP contribution is -2.48. The second-order valence-electron chi connectivity index (χ2n) is 4.90. The first-order valence-corrected chi connectivity index (χ1v) is 7.25. The summed E-state index contributed by atoms with van der Waals surface area (Å²) in [5.74, 6) is -0.463. The largest absolute Gasteiger partial charge is 0.507 e. The molecule has 1 aromatic carbocycles. The summed E-state index contributed by atoms with van der Waals surface area (Å²) in [6.45, 7) is 5.69. The predicted molar refractivity (Wildman–Crippen MR) is 86.6 cm³/mol. The summed E-state index contributed by atoms with van der Waals surface area (Å²) in [4.78, 5) is 15.0. The summed E-state index contributed by atoms with van der Waals surface area (Å²) < 4.78 is 0. The molecule has 0 aliphatic heterocycles. The number of urea groups is 1. The van der Waals surface area contributed by atoms with Crippen LogP contribution in [0.5, 0.6) is 11.5 Å². The monoisotopic (exact) mass is 308 g/mol. The van der Waals surface area contributed by atoms with Crippen molar-refractivity contribution in [2.45, 2.75) is 33.6 Å². The molecule has 5 N–H and O–H groups in total. The lowest BCUT2D eigenvalue weighted by atomic mass is 10.00. The topological polar surface area (TPSA) is 114 Å². The molecule has 0 aromatic heterocycles. The number of phenolic OH excluding ortho intramolecular Hbond substituents is 2. The smallest absolute Gasteiger partial charge is 0.331 e. The molecule has 0 unspecified atom stereocenters. The Morgan fingerprint density at radius 2 is 1.64 bits per heavy atom. The van der Waals surface area contributed by atoms with Crippen molar-refractivity contribution in [3.8, 4) is 11.5 Å². The maximum absolute atomic E-state index is 12.5. The average molecular weight is 308 g/mol. The number of guanidine groups is 1. The first-order valence-electron chi connectivity index (χ1n) is 7.25. The molecule has 0 spiro atoms. The molecule has 2 amide bonds. The van der Waals surface area contributed by atoms with Gasteiger partial charge in [0.15, 0.2) is 5.96 Å². The van der Waals surface area contributed by atoms with Crippen molar-refractivity contribution in [3.63, 3.8) is 0 Å². The van der Waals surface area contributed by atoms with Gasteiger partial charge in [0.2, 0.25) is 0 Å². The molecule has 0 bridgehead atoms. The van der Waals surface area contributed by atoms with Crippen LogP contribution in [-0.2, 0) is 12.8 Å². The summed E-state index contributed by atoms with van der Waals surface area (Å²) in [6, 6.07) is 0.812. The van der Waals surface area contributed by atoms with Crippen molar-refractivity contribution in [1.29, 1.82) is 5.41 Å². The second-order valence-corrected chi connectivity index (χ2v) is 4.90. The number of carbonyl (C=O) groups excluding carboxylic acids is 1. The first-order chi connectivity index (χ1) is 10.3. The molecule has 0 atom stereocenters. The molecule has 7 nitrogen and oxygen atoms in total. The minimum atomic E-state index is -0.482. The van der Waals surface area contributed by atoms with E-state index < -0.39 is 6.03 Å². The van der Waals surface area contributed by atoms with Crippen LogP contribution in [0, 0.1) is 5.41 Å². The Balaban J connectivity index is 3.47. The third-order valence-corrected chi connectivity index (χ3v) is 3.63. The highest BCUT2D eigenvalue weighted by molar-refractivity contribution is 6.03. The van der Waals surface area contributed by atoms with Gasteiger partial charge >= 0.3 is 6.03 Å². The van der Waals surface area contributed by atoms with Gasteiger partial charge in [-0.25, -0.2) is 4.79 Å². The molecule has 0 saturated carbocycles. The minimum Gasteiger partial charge on any atom is -0.507 e. The van der Waals surface area contributed by atoms with Crippen LogP contribution >= 0.6 is 0 Å². The molecule has 1 rings (SSSR count). The van der Waals surface area contributed by atoms with E-state index in [-0.39, 0.29) is 24.0 Å². The maximum atomic E-state index is 12.5. The third kappa shape index (κ3) is 3.08. The fraction of sp³-hybridized carbons (Fsp3) is 0.467. The van der Waals surface area contributed by atoms with Crippen molar-refractivity contribution in [1.82, 2.24) is 4.90 Å². The Morgan fingerprint density at radius 1 is 1.18 bits per heavy atom. The highest BCUT2D eigenvalue weighted by atomic mass is 16.3. The van der Waals surface area contributed by atoms with Gasteiger partial charge in [-0.05, 0) is 19.8 Å². The van der Waals surface area contributed by atoms with Crippen molar-refractivity contribution >= 4 is 17.7 Å². The Kier molecular flexibility index (Phi) is 5.62. The van der Waals surface area contributed by atoms with E-state index in [1.54, 1.807) is 14.0 Å². The molecule has 7 heteroatoms. The summed E-state index contributed by atoms with van der Waals surface area (Å²) in [5, 5.41) is 27.6. The number of carbonyl (C=O) groups is 1. The van der Waals surface area contributed by atoms with Gasteiger partial charge in [-0.3, -0.25) is 15.2 Å². The summed E-state index contributed by atoms with van der Waals surface area (Å²) in [6.07, 6.45) is 0.997. The normalized spacial score (nSPS) is 10.4. The van der Waals surface area contributed by atoms with E-state index in [2.05, 4.69) is 0 Å². The van der Waals surface area contributed by atoms with E-state index >= 15 is 0 Å². The fourth-order valence-corrected chi connectivity index (χ4v) is 2.52. The molecule has 0 aliphatic carbocycles. The van der Waals surface area contributed by atoms with E-state index in [1.165, 1.54) is 11.0 Å². The van der Waals surface area contributed by atoms with Crippen molar-refractivity contribution in [2.75, 3.05) is 18.5 Å². The zero-order valence-corrected chi connectivity index (χ0v) is 13.5. The minimum absolute atomic E-state index is 0.0577. The Labute approximate surface area is 130 Å². The Morgan fingerprint density at radius 3 is 1.95 bits per heavy atom. The Bertz CT molecular complexity index is 558. The van der Waals surface area contributed by atoms with Crippen LogP contribution in [0.4, 0.5) is 10.5 Å². The number of amides is 2. The molecule has 0 fully saturated rings. The maximum Gasteiger partial charge on any atom is 0.331 e. The molecular formula is C15H24N4O3. The van der Waals surface area contributed by atoms with Gasteiger partial charge in [0.25, 0.3) is 0 Å². The van der Waals surface area contributed by atoms with Crippen LogP contribution in [0.3, 0.4) is 0 Å². The zero-order chi connectivity index (χ0) is 17.0. The lowest BCUT2D eigenvalue weighted by molar-refractivity contribution is 0.229. The molecule has 0 heterocycles. The summed E-state index contributed by atoms with van der Waals surface area (Å²) in [7, 11) is 1.54. The molecule has 0 aliphatic rings. The fourth-order valence-electron chi connectivity index (χ4n) is 2.52. The summed E-state index contributed by atoms with van der Waals surface area (Å²) in [5.41, 5.74) is 7.04. The number of nitrogens with zero attached hydrogens (tertiary/aromatic N) is 2. The van der Waals surface area contributed by atoms with Gasteiger partial charge in [0.1, 0.15) is 11.5 Å². The number of benzene rings is 1. The summed E-state index contributed by atoms with van der Waals surface area (Å²) >= 11 is 0. The first kappa shape index (κ1) is 17.6. The highest BCUT2D eigenvalue weighted by Crippen LogP contribution is 2.39. The molecule has 1 aromatic rings. The van der Waals surface area contributed by atoms with Crippen LogP contribution in [0.1, 0.15) is 31.9 Å². The van der Waals surface area contributed by atoms with Crippen LogP contribution in [0.2, 0.25) is 0 Å². The molecular weight excluding hydrogens is 284 g/mol. The van der Waals surface area contributed by atoms with E-state index in [0.29, 0.717) is 29.7 Å². The van der Waals surface area contributed by atoms with Crippen LogP contribution < -0.4 is 10.6 Å². The van der Waals surface area contributed by atoms with Crippen LogP contribution in [0.15, 0.2) is 6.07 Å². The zero-order valence-electron chi connectivity index (χ0n) is 13.5. The number of nitrogens with one attached hydrogen (secondary N) is 1. The third-order valence-electron chi connectivity index (χ3n) is 3.63. The van der Waals surface area contributed by atoms with Gasteiger partial charge in [0.05, 0.1) is 5.69 Å². The molecule has 0 saturated heterocycles. The van der Waals surface area contributed by atoms with Gasteiger partial charge in [-0.1, -0.05) is 13.8 Å². The van der Waals surface area contributed by atoms with E-state index in [1.807, 2.05) is 13.8 Å². The molecule has 22 heavy (non-hydrogen) atoms. The highest BCUT2D eigenvalue weighted by Gasteiger charge is 2.26. The van der Waals surface area contributed by atoms with Gasteiger partial charge in [-0.2, -0.15) is 0 Å². The number of hydrogen-bond acceptors (Lipinski definition) is 4. The predicted octanol–water partition coefficient (Wildman–Crippen LogP) is 1.99. The van der Waals surface area contributed by atoms with E-state index in [4.69, 9.17) is 11.1 Å². The number of rotatable bonds is 4. The van der Waals surface area contributed by atoms with Crippen molar-refractivity contribution in [3.05, 3.63) is 17.2 Å². The number of hydrogen-bond donors (Lipinski definition) is 4.